The molecular formula is C13H14ClN3OS2. The Bertz CT molecular complexity index is 586. The van der Waals surface area contributed by atoms with Gasteiger partial charge in [0.15, 0.2) is 10.1 Å². The number of nitrogens with one attached hydrogen (secondary N) is 1. The monoisotopic (exact) mass is 327 g/mol. The second kappa shape index (κ2) is 7.06. The molecule has 106 valence electrons. The van der Waals surface area contributed by atoms with E-state index < -0.39 is 0 Å². The van der Waals surface area contributed by atoms with Crippen molar-refractivity contribution in [3.8, 4) is 0 Å². The zero-order valence-electron chi connectivity index (χ0n) is 11.1. The maximum absolute atomic E-state index is 12.3. The third kappa shape index (κ3) is 3.94. The number of thioether (sulfide) groups is 1. The summed E-state index contributed by atoms with van der Waals surface area (Å²) in [6.07, 6.45) is 0. The Morgan fingerprint density at radius 2 is 2.10 bits per heavy atom. The molecule has 0 amide bonds. The predicted molar refractivity (Wildman–Crippen MR) is 85.2 cm³/mol. The highest BCUT2D eigenvalue weighted by Crippen LogP contribution is 2.30. The third-order valence-electron chi connectivity index (χ3n) is 2.51. The molecular weight excluding hydrogens is 314 g/mol. The van der Waals surface area contributed by atoms with Crippen molar-refractivity contribution in [1.82, 2.24) is 10.2 Å². The summed E-state index contributed by atoms with van der Waals surface area (Å²) < 4.78 is 0.788. The van der Waals surface area contributed by atoms with E-state index in [-0.39, 0.29) is 11.0 Å². The van der Waals surface area contributed by atoms with Crippen molar-refractivity contribution < 1.29 is 4.79 Å². The number of anilines is 1. The van der Waals surface area contributed by atoms with E-state index >= 15 is 0 Å². The van der Waals surface area contributed by atoms with Gasteiger partial charge in [0.1, 0.15) is 0 Å². The fourth-order valence-corrected chi connectivity index (χ4v) is 3.70. The molecule has 1 unspecified atom stereocenters. The number of hydrogen-bond acceptors (Lipinski definition) is 6. The van der Waals surface area contributed by atoms with Crippen LogP contribution in [0.15, 0.2) is 28.6 Å². The average Bonchev–Trinajstić information content (AvgIpc) is 2.86. The molecule has 0 radical (unpaired) electrons. The van der Waals surface area contributed by atoms with Crippen LogP contribution in [0.4, 0.5) is 5.13 Å². The first-order valence-electron chi connectivity index (χ1n) is 6.14. The molecule has 1 aromatic heterocycles. The largest absolute Gasteiger partial charge is 0.360 e. The average molecular weight is 328 g/mol. The molecule has 0 fully saturated rings. The van der Waals surface area contributed by atoms with Crippen molar-refractivity contribution in [3.05, 3.63) is 34.9 Å². The van der Waals surface area contributed by atoms with Gasteiger partial charge in [-0.2, -0.15) is 0 Å². The van der Waals surface area contributed by atoms with Crippen LogP contribution in [-0.4, -0.2) is 27.8 Å². The number of ketones is 1. The minimum Gasteiger partial charge on any atom is -0.360 e. The topological polar surface area (TPSA) is 54.9 Å². The first-order chi connectivity index (χ1) is 9.60. The van der Waals surface area contributed by atoms with Crippen molar-refractivity contribution in [2.45, 2.75) is 23.4 Å². The van der Waals surface area contributed by atoms with Crippen molar-refractivity contribution in [1.29, 1.82) is 0 Å². The van der Waals surface area contributed by atoms with E-state index in [1.807, 2.05) is 13.8 Å². The van der Waals surface area contributed by atoms with Crippen molar-refractivity contribution in [3.63, 3.8) is 0 Å². The van der Waals surface area contributed by atoms with E-state index in [4.69, 9.17) is 11.6 Å². The fraction of sp³-hybridized carbons (Fsp3) is 0.308. The van der Waals surface area contributed by atoms with Gasteiger partial charge in [-0.1, -0.05) is 34.7 Å². The Balaban J connectivity index is 2.01. The van der Waals surface area contributed by atoms with Crippen LogP contribution >= 0.6 is 34.7 Å². The Labute approximate surface area is 130 Å². The number of aromatic nitrogens is 2. The number of benzene rings is 1. The summed E-state index contributed by atoms with van der Waals surface area (Å²) in [5.41, 5.74) is 0.658. The van der Waals surface area contributed by atoms with Gasteiger partial charge in [0.25, 0.3) is 0 Å². The highest BCUT2D eigenvalue weighted by atomic mass is 35.5. The Hall–Kier alpha value is -1.11. The van der Waals surface area contributed by atoms with Crippen molar-refractivity contribution >= 4 is 45.6 Å². The van der Waals surface area contributed by atoms with Crippen LogP contribution in [-0.2, 0) is 0 Å². The van der Waals surface area contributed by atoms with E-state index in [2.05, 4.69) is 15.5 Å². The zero-order chi connectivity index (χ0) is 14.5. The molecule has 0 bridgehead atoms. The minimum atomic E-state index is -0.210. The smallest absolute Gasteiger partial charge is 0.206 e. The summed E-state index contributed by atoms with van der Waals surface area (Å²) in [5, 5.41) is 12.4. The summed E-state index contributed by atoms with van der Waals surface area (Å²) in [4.78, 5) is 12.3. The molecule has 4 nitrogen and oxygen atoms in total. The molecule has 0 saturated heterocycles. The highest BCUT2D eigenvalue weighted by Gasteiger charge is 2.18. The molecule has 2 rings (SSSR count). The molecule has 2 aromatic rings. The number of carbonyl (C=O) groups is 1. The van der Waals surface area contributed by atoms with Gasteiger partial charge in [-0.3, -0.25) is 4.79 Å². The molecule has 1 atom stereocenters. The number of carbonyl (C=O) groups excluding carboxylic acids is 1. The molecule has 20 heavy (non-hydrogen) atoms. The second-order valence-electron chi connectivity index (χ2n) is 4.03. The number of Topliss-reactive ketones (excluding diaryl/α,β-unsaturated/α-hetero) is 1. The number of rotatable bonds is 6. The van der Waals surface area contributed by atoms with Crippen molar-refractivity contribution in [2.24, 2.45) is 0 Å². The Kier molecular flexibility index (Phi) is 5.39. The summed E-state index contributed by atoms with van der Waals surface area (Å²) in [6, 6.07) is 6.93. The quantitative estimate of drug-likeness (QED) is 0.642. The Morgan fingerprint density at radius 3 is 2.75 bits per heavy atom. The van der Waals surface area contributed by atoms with Gasteiger partial charge in [-0.25, -0.2) is 0 Å². The maximum atomic E-state index is 12.3. The molecule has 0 spiro atoms. The summed E-state index contributed by atoms with van der Waals surface area (Å²) in [6.45, 7) is 4.68. The first-order valence-corrected chi connectivity index (χ1v) is 8.21. The van der Waals surface area contributed by atoms with Crippen LogP contribution in [0, 0.1) is 0 Å². The van der Waals surface area contributed by atoms with Crippen molar-refractivity contribution in [2.75, 3.05) is 11.9 Å². The van der Waals surface area contributed by atoms with Crippen LogP contribution in [0.1, 0.15) is 24.2 Å². The number of nitrogens with zero attached hydrogens (tertiary/aromatic N) is 2. The van der Waals surface area contributed by atoms with Gasteiger partial charge in [-0.15, -0.1) is 10.2 Å². The van der Waals surface area contributed by atoms with Crippen LogP contribution in [0.5, 0.6) is 0 Å². The lowest BCUT2D eigenvalue weighted by molar-refractivity contribution is 0.0994. The predicted octanol–water partition coefficient (Wildman–Crippen LogP) is 3.99. The fourth-order valence-electron chi connectivity index (χ4n) is 1.53. The van der Waals surface area contributed by atoms with Gasteiger partial charge < -0.3 is 5.32 Å². The van der Waals surface area contributed by atoms with Gasteiger partial charge in [-0.05, 0) is 38.1 Å². The van der Waals surface area contributed by atoms with Gasteiger partial charge in [0, 0.05) is 17.1 Å². The lowest BCUT2D eigenvalue weighted by atomic mass is 10.1. The van der Waals surface area contributed by atoms with E-state index in [9.17, 15) is 4.79 Å². The van der Waals surface area contributed by atoms with Gasteiger partial charge in [0.05, 0.1) is 5.25 Å². The minimum absolute atomic E-state index is 0.0619. The van der Waals surface area contributed by atoms with Gasteiger partial charge in [0.2, 0.25) is 5.13 Å². The molecule has 0 aliphatic carbocycles. The van der Waals surface area contributed by atoms with E-state index in [0.717, 1.165) is 16.0 Å². The summed E-state index contributed by atoms with van der Waals surface area (Å²) in [5.74, 6) is 0.0619. The lowest BCUT2D eigenvalue weighted by Crippen LogP contribution is -2.13. The summed E-state index contributed by atoms with van der Waals surface area (Å²) >= 11 is 8.70. The van der Waals surface area contributed by atoms with Crippen LogP contribution in [0.2, 0.25) is 5.02 Å². The zero-order valence-corrected chi connectivity index (χ0v) is 13.5. The van der Waals surface area contributed by atoms with Crippen LogP contribution in [0.3, 0.4) is 0 Å². The third-order valence-corrected chi connectivity index (χ3v) is 4.83. The molecule has 0 saturated carbocycles. The Morgan fingerprint density at radius 1 is 1.40 bits per heavy atom. The SMILES string of the molecule is CCNc1nnc(SC(C)C(=O)c2ccc(Cl)cc2)s1. The van der Waals surface area contributed by atoms with E-state index in [1.165, 1.54) is 23.1 Å². The van der Waals surface area contributed by atoms with Gasteiger partial charge >= 0.3 is 0 Å². The van der Waals surface area contributed by atoms with E-state index in [1.54, 1.807) is 24.3 Å². The number of halogens is 1. The van der Waals surface area contributed by atoms with Crippen LogP contribution < -0.4 is 5.32 Å². The lowest BCUT2D eigenvalue weighted by Gasteiger charge is -2.07. The number of hydrogen-bond donors (Lipinski definition) is 1. The normalized spacial score (nSPS) is 12.2. The second-order valence-corrected chi connectivity index (χ2v) is 7.04. The molecule has 0 aliphatic heterocycles. The molecule has 1 N–H and O–H groups in total. The molecule has 1 aromatic carbocycles. The molecule has 1 heterocycles. The maximum Gasteiger partial charge on any atom is 0.206 e. The molecule has 7 heteroatoms. The molecule has 0 aliphatic rings. The van der Waals surface area contributed by atoms with Crippen LogP contribution in [0.25, 0.3) is 0 Å². The first kappa shape index (κ1) is 15.3. The summed E-state index contributed by atoms with van der Waals surface area (Å²) in [7, 11) is 0. The highest BCUT2D eigenvalue weighted by molar-refractivity contribution is 8.02. The standard InChI is InChI=1S/C13H14ClN3OS2/c1-3-15-12-16-17-13(20-12)19-8(2)11(18)9-4-6-10(14)7-5-9/h4-8H,3H2,1-2H3,(H,15,16). The van der Waals surface area contributed by atoms with E-state index in [0.29, 0.717) is 10.6 Å².